The molecule has 0 radical (unpaired) electrons. The lowest BCUT2D eigenvalue weighted by Crippen LogP contribution is -2.33. The summed E-state index contributed by atoms with van der Waals surface area (Å²) in [6.07, 6.45) is 1.85. The number of likely N-dealkylation sites (N-methyl/N-ethyl adjacent to an activating group) is 1. The fourth-order valence-electron chi connectivity index (χ4n) is 1.96. The van der Waals surface area contributed by atoms with E-state index in [2.05, 4.69) is 41.3 Å². The highest BCUT2D eigenvalue weighted by atomic mass is 16.3. The number of aromatic nitrogens is 2. The lowest BCUT2D eigenvalue weighted by Gasteiger charge is -2.20. The van der Waals surface area contributed by atoms with Gasteiger partial charge in [0, 0.05) is 31.2 Å². The molecule has 2 aromatic heterocycles. The van der Waals surface area contributed by atoms with Crippen molar-refractivity contribution in [2.24, 2.45) is 0 Å². The molecule has 0 aromatic carbocycles. The number of nitrogens with one attached hydrogen (secondary N) is 2. The Labute approximate surface area is 120 Å². The molecule has 0 unspecified atom stereocenters. The van der Waals surface area contributed by atoms with Gasteiger partial charge in [0.2, 0.25) is 0 Å². The third kappa shape index (κ3) is 3.71. The summed E-state index contributed by atoms with van der Waals surface area (Å²) in [5, 5.41) is 10.6. The number of hydrogen-bond acceptors (Lipinski definition) is 4. The summed E-state index contributed by atoms with van der Waals surface area (Å²) in [4.78, 5) is 2.32. The van der Waals surface area contributed by atoms with Crippen LogP contribution in [0.4, 0.5) is 0 Å². The lowest BCUT2D eigenvalue weighted by molar-refractivity contribution is 0.273. The first kappa shape index (κ1) is 14.8. The van der Waals surface area contributed by atoms with Crippen LogP contribution in [0, 0.1) is 6.92 Å². The van der Waals surface area contributed by atoms with Crippen molar-refractivity contribution in [1.82, 2.24) is 20.4 Å². The van der Waals surface area contributed by atoms with Gasteiger partial charge >= 0.3 is 0 Å². The molecule has 2 N–H and O–H groups in total. The minimum Gasteiger partial charge on any atom is -0.460 e. The van der Waals surface area contributed by atoms with Crippen molar-refractivity contribution in [3.05, 3.63) is 29.7 Å². The SMILES string of the molecule is Cc1ccc(-c2[nH]ncc2CNCCN(C)C(C)C)o1. The van der Waals surface area contributed by atoms with Gasteiger partial charge in [-0.1, -0.05) is 0 Å². The Kier molecular flexibility index (Phi) is 4.98. The van der Waals surface area contributed by atoms with Gasteiger partial charge in [-0.2, -0.15) is 5.10 Å². The fourth-order valence-corrected chi connectivity index (χ4v) is 1.96. The van der Waals surface area contributed by atoms with Crippen molar-refractivity contribution < 1.29 is 4.42 Å². The van der Waals surface area contributed by atoms with Crippen LogP contribution in [0.1, 0.15) is 25.2 Å². The highest BCUT2D eigenvalue weighted by Crippen LogP contribution is 2.23. The quantitative estimate of drug-likeness (QED) is 0.763. The zero-order valence-electron chi connectivity index (χ0n) is 12.7. The molecule has 20 heavy (non-hydrogen) atoms. The Morgan fingerprint density at radius 2 is 2.20 bits per heavy atom. The van der Waals surface area contributed by atoms with E-state index in [0.717, 1.165) is 42.4 Å². The van der Waals surface area contributed by atoms with Gasteiger partial charge in [0.05, 0.1) is 6.20 Å². The average Bonchev–Trinajstić information content (AvgIpc) is 3.02. The lowest BCUT2D eigenvalue weighted by atomic mass is 10.2. The van der Waals surface area contributed by atoms with E-state index < -0.39 is 0 Å². The van der Waals surface area contributed by atoms with E-state index in [1.807, 2.05) is 25.3 Å². The Balaban J connectivity index is 1.87. The molecule has 0 spiro atoms. The summed E-state index contributed by atoms with van der Waals surface area (Å²) in [6.45, 7) is 9.12. The van der Waals surface area contributed by atoms with Gasteiger partial charge in [-0.15, -0.1) is 0 Å². The molecule has 0 amide bonds. The van der Waals surface area contributed by atoms with Crippen LogP contribution in [0.2, 0.25) is 0 Å². The predicted molar refractivity (Wildman–Crippen MR) is 80.5 cm³/mol. The van der Waals surface area contributed by atoms with Gasteiger partial charge in [-0.25, -0.2) is 0 Å². The monoisotopic (exact) mass is 276 g/mol. The molecule has 0 bridgehead atoms. The number of nitrogens with zero attached hydrogens (tertiary/aromatic N) is 2. The fraction of sp³-hybridized carbons (Fsp3) is 0.533. The standard InChI is InChI=1S/C15H24N4O/c1-11(2)19(4)8-7-16-9-13-10-17-18-15(13)14-6-5-12(3)20-14/h5-6,10-11,16H,7-9H2,1-4H3,(H,17,18). The molecule has 0 aliphatic carbocycles. The van der Waals surface area contributed by atoms with Gasteiger partial charge in [0.15, 0.2) is 5.76 Å². The van der Waals surface area contributed by atoms with Crippen LogP contribution in [0.25, 0.3) is 11.5 Å². The summed E-state index contributed by atoms with van der Waals surface area (Å²) in [6, 6.07) is 4.51. The normalized spacial score (nSPS) is 11.7. The first-order chi connectivity index (χ1) is 9.58. The van der Waals surface area contributed by atoms with E-state index in [1.165, 1.54) is 0 Å². The smallest absolute Gasteiger partial charge is 0.152 e. The van der Waals surface area contributed by atoms with E-state index in [1.54, 1.807) is 0 Å². The molecule has 2 aromatic rings. The largest absolute Gasteiger partial charge is 0.460 e. The molecule has 5 nitrogen and oxygen atoms in total. The Morgan fingerprint density at radius 1 is 1.40 bits per heavy atom. The molecule has 0 aliphatic rings. The van der Waals surface area contributed by atoms with Gasteiger partial charge < -0.3 is 14.6 Å². The molecule has 0 aliphatic heterocycles. The Morgan fingerprint density at radius 3 is 2.85 bits per heavy atom. The molecule has 0 fully saturated rings. The molecule has 2 heterocycles. The van der Waals surface area contributed by atoms with Gasteiger partial charge in [-0.3, -0.25) is 5.10 Å². The maximum absolute atomic E-state index is 5.64. The van der Waals surface area contributed by atoms with Crippen molar-refractivity contribution in [3.63, 3.8) is 0 Å². The van der Waals surface area contributed by atoms with Crippen LogP contribution < -0.4 is 5.32 Å². The van der Waals surface area contributed by atoms with Crippen molar-refractivity contribution in [2.75, 3.05) is 20.1 Å². The summed E-state index contributed by atoms with van der Waals surface area (Å²) in [5.74, 6) is 1.75. The van der Waals surface area contributed by atoms with Crippen LogP contribution in [-0.2, 0) is 6.54 Å². The van der Waals surface area contributed by atoms with Crippen LogP contribution in [-0.4, -0.2) is 41.3 Å². The zero-order valence-corrected chi connectivity index (χ0v) is 12.7. The first-order valence-corrected chi connectivity index (χ1v) is 7.08. The van der Waals surface area contributed by atoms with E-state index in [4.69, 9.17) is 4.42 Å². The number of furan rings is 1. The Hall–Kier alpha value is -1.59. The zero-order chi connectivity index (χ0) is 14.5. The number of aryl methyl sites for hydroxylation is 1. The van der Waals surface area contributed by atoms with Crippen LogP contribution >= 0.6 is 0 Å². The Bertz CT molecular complexity index is 529. The van der Waals surface area contributed by atoms with Crippen LogP contribution in [0.5, 0.6) is 0 Å². The topological polar surface area (TPSA) is 57.1 Å². The minimum atomic E-state index is 0.576. The van der Waals surface area contributed by atoms with Gasteiger partial charge in [0.1, 0.15) is 11.5 Å². The maximum Gasteiger partial charge on any atom is 0.152 e. The predicted octanol–water partition coefficient (Wildman–Crippen LogP) is 2.41. The number of aromatic amines is 1. The minimum absolute atomic E-state index is 0.576. The first-order valence-electron chi connectivity index (χ1n) is 7.08. The van der Waals surface area contributed by atoms with Crippen molar-refractivity contribution >= 4 is 0 Å². The van der Waals surface area contributed by atoms with Crippen LogP contribution in [0.3, 0.4) is 0 Å². The van der Waals surface area contributed by atoms with E-state index >= 15 is 0 Å². The van der Waals surface area contributed by atoms with E-state index in [-0.39, 0.29) is 0 Å². The summed E-state index contributed by atoms with van der Waals surface area (Å²) in [7, 11) is 2.14. The molecular formula is C15H24N4O. The molecule has 0 atom stereocenters. The van der Waals surface area contributed by atoms with Crippen molar-refractivity contribution in [2.45, 2.75) is 33.4 Å². The molecule has 0 saturated heterocycles. The second-order valence-corrected chi connectivity index (χ2v) is 5.43. The third-order valence-corrected chi connectivity index (χ3v) is 3.54. The highest BCUT2D eigenvalue weighted by molar-refractivity contribution is 5.56. The van der Waals surface area contributed by atoms with E-state index in [0.29, 0.717) is 6.04 Å². The number of hydrogen-bond donors (Lipinski definition) is 2. The number of H-pyrrole nitrogens is 1. The van der Waals surface area contributed by atoms with Gasteiger partial charge in [-0.05, 0) is 40.0 Å². The second-order valence-electron chi connectivity index (χ2n) is 5.43. The number of rotatable bonds is 7. The van der Waals surface area contributed by atoms with E-state index in [9.17, 15) is 0 Å². The van der Waals surface area contributed by atoms with Crippen molar-refractivity contribution in [1.29, 1.82) is 0 Å². The molecule has 5 heteroatoms. The maximum atomic E-state index is 5.64. The summed E-state index contributed by atoms with van der Waals surface area (Å²) >= 11 is 0. The third-order valence-electron chi connectivity index (χ3n) is 3.54. The van der Waals surface area contributed by atoms with Crippen LogP contribution in [0.15, 0.2) is 22.7 Å². The highest BCUT2D eigenvalue weighted by Gasteiger charge is 2.10. The van der Waals surface area contributed by atoms with Crippen molar-refractivity contribution in [3.8, 4) is 11.5 Å². The molecule has 2 rings (SSSR count). The summed E-state index contributed by atoms with van der Waals surface area (Å²) in [5.41, 5.74) is 2.09. The summed E-state index contributed by atoms with van der Waals surface area (Å²) < 4.78 is 5.64. The molecule has 110 valence electrons. The molecular weight excluding hydrogens is 252 g/mol. The van der Waals surface area contributed by atoms with Gasteiger partial charge in [0.25, 0.3) is 0 Å². The average molecular weight is 276 g/mol. The second kappa shape index (κ2) is 6.72. The molecule has 0 saturated carbocycles.